The predicted molar refractivity (Wildman–Crippen MR) is 103 cm³/mol. The van der Waals surface area contributed by atoms with Crippen molar-refractivity contribution in [3.8, 4) is 0 Å². The van der Waals surface area contributed by atoms with Crippen molar-refractivity contribution in [2.75, 3.05) is 24.3 Å². The molecule has 7 heteroatoms. The molecule has 2 aromatic carbocycles. The van der Waals surface area contributed by atoms with E-state index in [-0.39, 0.29) is 24.1 Å². The van der Waals surface area contributed by atoms with Crippen LogP contribution in [0.15, 0.2) is 53.0 Å². The highest BCUT2D eigenvalue weighted by Gasteiger charge is 2.39. The highest BCUT2D eigenvalue weighted by atomic mass is 79.9. The molecule has 0 saturated carbocycles. The van der Waals surface area contributed by atoms with E-state index in [4.69, 9.17) is 0 Å². The Kier molecular flexibility index (Phi) is 5.08. The third-order valence-corrected chi connectivity index (χ3v) is 4.64. The Bertz CT molecular complexity index is 847. The molecule has 3 rings (SSSR count). The maximum atomic E-state index is 12.6. The Morgan fingerprint density at radius 1 is 1.08 bits per heavy atom. The van der Waals surface area contributed by atoms with Gasteiger partial charge >= 0.3 is 0 Å². The minimum atomic E-state index is -0.624. The number of nitrogens with one attached hydrogen (secondary N) is 1. The molecule has 26 heavy (non-hydrogen) atoms. The molecule has 0 bridgehead atoms. The molecule has 1 atom stereocenters. The van der Waals surface area contributed by atoms with Crippen LogP contribution >= 0.6 is 15.9 Å². The van der Waals surface area contributed by atoms with Gasteiger partial charge < -0.3 is 10.2 Å². The topological polar surface area (TPSA) is 69.7 Å². The van der Waals surface area contributed by atoms with Crippen molar-refractivity contribution < 1.29 is 14.4 Å². The molecule has 1 fully saturated rings. The van der Waals surface area contributed by atoms with E-state index in [0.717, 1.165) is 4.47 Å². The number of nitrogens with zero attached hydrogens (tertiary/aromatic N) is 2. The summed E-state index contributed by atoms with van der Waals surface area (Å²) in [6, 6.07) is 13.3. The molecule has 6 nitrogen and oxygen atoms in total. The molecule has 0 unspecified atom stereocenters. The molecule has 3 amide bonds. The smallest absolute Gasteiger partial charge is 0.256 e. The van der Waals surface area contributed by atoms with E-state index in [1.807, 2.05) is 0 Å². The summed E-state index contributed by atoms with van der Waals surface area (Å²) in [5, 5.41) is 3.08. The lowest BCUT2D eigenvalue weighted by molar-refractivity contribution is -0.121. The third kappa shape index (κ3) is 3.62. The minimum Gasteiger partial charge on any atom is -0.373 e. The highest BCUT2D eigenvalue weighted by molar-refractivity contribution is 9.10. The average molecular weight is 416 g/mol. The van der Waals surface area contributed by atoms with Crippen LogP contribution < -0.4 is 10.2 Å². The summed E-state index contributed by atoms with van der Waals surface area (Å²) in [5.74, 6) is -0.620. The summed E-state index contributed by atoms with van der Waals surface area (Å²) in [6.45, 7) is 0. The Balaban J connectivity index is 1.73. The van der Waals surface area contributed by atoms with Crippen molar-refractivity contribution in [1.82, 2.24) is 4.90 Å². The molecule has 134 valence electrons. The number of hydrogen-bond acceptors (Lipinski definition) is 4. The fourth-order valence-corrected chi connectivity index (χ4v) is 3.04. The van der Waals surface area contributed by atoms with E-state index < -0.39 is 6.04 Å². The molecule has 2 aromatic rings. The molecule has 1 N–H and O–H groups in total. The molecule has 1 aliphatic rings. The van der Waals surface area contributed by atoms with Crippen LogP contribution in [0.1, 0.15) is 16.8 Å². The second-order valence-corrected chi connectivity index (χ2v) is 7.14. The molecule has 0 aliphatic carbocycles. The Labute approximate surface area is 159 Å². The second kappa shape index (κ2) is 7.29. The predicted octanol–water partition coefficient (Wildman–Crippen LogP) is 2.89. The number of imide groups is 1. The first-order valence-electron chi connectivity index (χ1n) is 8.07. The average Bonchev–Trinajstić information content (AvgIpc) is 2.89. The van der Waals surface area contributed by atoms with Gasteiger partial charge in [-0.3, -0.25) is 14.4 Å². The number of carbonyl (C=O) groups is 3. The van der Waals surface area contributed by atoms with Crippen LogP contribution in [0.5, 0.6) is 0 Å². The van der Waals surface area contributed by atoms with E-state index in [1.165, 1.54) is 9.80 Å². The van der Waals surface area contributed by atoms with Crippen molar-refractivity contribution in [2.45, 2.75) is 12.5 Å². The summed E-state index contributed by atoms with van der Waals surface area (Å²) in [7, 11) is 3.38. The standard InChI is InChI=1S/C19H18BrN3O3/c1-22(2)18(25)12-3-7-14(8-4-12)21-16-11-17(24)23(19(16)26)15-9-5-13(20)6-10-15/h3-10,16,21H,11H2,1-2H3/t16-/m1/s1. The number of benzene rings is 2. The molecule has 0 aromatic heterocycles. The fourth-order valence-electron chi connectivity index (χ4n) is 2.77. The van der Waals surface area contributed by atoms with Crippen LogP contribution in [0, 0.1) is 0 Å². The van der Waals surface area contributed by atoms with Crippen LogP contribution in [-0.2, 0) is 9.59 Å². The van der Waals surface area contributed by atoms with E-state index in [9.17, 15) is 14.4 Å². The van der Waals surface area contributed by atoms with Gasteiger partial charge in [-0.15, -0.1) is 0 Å². The highest BCUT2D eigenvalue weighted by Crippen LogP contribution is 2.26. The van der Waals surface area contributed by atoms with Gasteiger partial charge in [0, 0.05) is 29.8 Å². The molecule has 1 heterocycles. The summed E-state index contributed by atoms with van der Waals surface area (Å²) in [6.07, 6.45) is 0.0906. The van der Waals surface area contributed by atoms with Crippen LogP contribution in [0.3, 0.4) is 0 Å². The van der Waals surface area contributed by atoms with Crippen molar-refractivity contribution in [3.63, 3.8) is 0 Å². The van der Waals surface area contributed by atoms with Crippen LogP contribution in [0.25, 0.3) is 0 Å². The summed E-state index contributed by atoms with van der Waals surface area (Å²) < 4.78 is 0.877. The number of halogens is 1. The fraction of sp³-hybridized carbons (Fsp3) is 0.211. The lowest BCUT2D eigenvalue weighted by Gasteiger charge is -2.16. The van der Waals surface area contributed by atoms with Crippen molar-refractivity contribution in [2.24, 2.45) is 0 Å². The second-order valence-electron chi connectivity index (χ2n) is 6.22. The number of hydrogen-bond donors (Lipinski definition) is 1. The van der Waals surface area contributed by atoms with Gasteiger partial charge in [0.25, 0.3) is 11.8 Å². The first-order chi connectivity index (χ1) is 12.4. The lowest BCUT2D eigenvalue weighted by Crippen LogP contribution is -2.34. The Hall–Kier alpha value is -2.67. The molecular formula is C19H18BrN3O3. The normalized spacial score (nSPS) is 16.7. The van der Waals surface area contributed by atoms with Gasteiger partial charge in [-0.2, -0.15) is 0 Å². The first kappa shape index (κ1) is 18.1. The van der Waals surface area contributed by atoms with E-state index in [0.29, 0.717) is 16.9 Å². The minimum absolute atomic E-state index is 0.0906. The van der Waals surface area contributed by atoms with Gasteiger partial charge in [0.2, 0.25) is 5.91 Å². The first-order valence-corrected chi connectivity index (χ1v) is 8.87. The van der Waals surface area contributed by atoms with Crippen LogP contribution in [0.2, 0.25) is 0 Å². The van der Waals surface area contributed by atoms with Gasteiger partial charge in [0.05, 0.1) is 12.1 Å². The molecule has 0 spiro atoms. The van der Waals surface area contributed by atoms with Gasteiger partial charge in [0.1, 0.15) is 6.04 Å². The van der Waals surface area contributed by atoms with Crippen molar-refractivity contribution in [1.29, 1.82) is 0 Å². The van der Waals surface area contributed by atoms with Crippen LogP contribution in [0.4, 0.5) is 11.4 Å². The largest absolute Gasteiger partial charge is 0.373 e. The lowest BCUT2D eigenvalue weighted by atomic mass is 10.1. The van der Waals surface area contributed by atoms with Crippen molar-refractivity contribution >= 4 is 45.0 Å². The van der Waals surface area contributed by atoms with Gasteiger partial charge in [0.15, 0.2) is 0 Å². The monoisotopic (exact) mass is 415 g/mol. The maximum Gasteiger partial charge on any atom is 0.256 e. The third-order valence-electron chi connectivity index (χ3n) is 4.11. The Morgan fingerprint density at radius 3 is 2.27 bits per heavy atom. The zero-order valence-electron chi connectivity index (χ0n) is 14.4. The molecule has 1 saturated heterocycles. The van der Waals surface area contributed by atoms with Gasteiger partial charge in [-0.25, -0.2) is 4.90 Å². The zero-order valence-corrected chi connectivity index (χ0v) is 16.0. The van der Waals surface area contributed by atoms with E-state index >= 15 is 0 Å². The molecule has 1 aliphatic heterocycles. The van der Waals surface area contributed by atoms with E-state index in [1.54, 1.807) is 62.6 Å². The van der Waals surface area contributed by atoms with Crippen LogP contribution in [-0.4, -0.2) is 42.8 Å². The SMILES string of the molecule is CN(C)C(=O)c1ccc(N[C@@H]2CC(=O)N(c3ccc(Br)cc3)C2=O)cc1. The number of anilines is 2. The number of amides is 3. The zero-order chi connectivity index (χ0) is 18.8. The number of rotatable bonds is 4. The summed E-state index contributed by atoms with van der Waals surface area (Å²) in [4.78, 5) is 39.5. The van der Waals surface area contributed by atoms with Gasteiger partial charge in [-0.1, -0.05) is 15.9 Å². The van der Waals surface area contributed by atoms with Gasteiger partial charge in [-0.05, 0) is 48.5 Å². The van der Waals surface area contributed by atoms with Crippen molar-refractivity contribution in [3.05, 3.63) is 58.6 Å². The summed E-state index contributed by atoms with van der Waals surface area (Å²) >= 11 is 3.34. The summed E-state index contributed by atoms with van der Waals surface area (Å²) in [5.41, 5.74) is 1.80. The Morgan fingerprint density at radius 2 is 1.69 bits per heavy atom. The quantitative estimate of drug-likeness (QED) is 0.779. The molecular weight excluding hydrogens is 398 g/mol. The number of carbonyl (C=O) groups excluding carboxylic acids is 3. The molecule has 0 radical (unpaired) electrons. The maximum absolute atomic E-state index is 12.6. The van der Waals surface area contributed by atoms with E-state index in [2.05, 4.69) is 21.2 Å².